The van der Waals surface area contributed by atoms with E-state index in [0.717, 1.165) is 44.9 Å². The highest BCUT2D eigenvalue weighted by molar-refractivity contribution is 14.0. The fourth-order valence-corrected chi connectivity index (χ4v) is 3.86. The van der Waals surface area contributed by atoms with Crippen molar-refractivity contribution >= 4 is 41.8 Å². The molecule has 0 aromatic heterocycles. The number of carbonyl (C=O) groups is 2. The first-order valence-corrected chi connectivity index (χ1v) is 10.6. The van der Waals surface area contributed by atoms with Crippen LogP contribution in [0.1, 0.15) is 65.7 Å². The first-order valence-electron chi connectivity index (χ1n) is 10.6. The summed E-state index contributed by atoms with van der Waals surface area (Å²) < 4.78 is 0. The van der Waals surface area contributed by atoms with Gasteiger partial charge >= 0.3 is 0 Å². The predicted molar refractivity (Wildman–Crippen MR) is 124 cm³/mol. The highest BCUT2D eigenvalue weighted by Crippen LogP contribution is 2.26. The van der Waals surface area contributed by atoms with Gasteiger partial charge in [0, 0.05) is 44.1 Å². The Bertz CT molecular complexity index is 521. The molecular weight excluding hydrogens is 469 g/mol. The molecule has 162 valence electrons. The zero-order valence-corrected chi connectivity index (χ0v) is 20.0. The summed E-state index contributed by atoms with van der Waals surface area (Å²) in [5.41, 5.74) is 0. The van der Waals surface area contributed by atoms with Gasteiger partial charge in [-0.1, -0.05) is 19.3 Å². The van der Waals surface area contributed by atoms with Crippen molar-refractivity contribution in [1.82, 2.24) is 20.9 Å². The highest BCUT2D eigenvalue weighted by Gasteiger charge is 2.31. The zero-order chi connectivity index (χ0) is 19.6. The van der Waals surface area contributed by atoms with Gasteiger partial charge in [-0.05, 0) is 40.0 Å². The van der Waals surface area contributed by atoms with E-state index >= 15 is 0 Å². The maximum absolute atomic E-state index is 12.7. The Morgan fingerprint density at radius 1 is 1.14 bits per heavy atom. The zero-order valence-electron chi connectivity index (χ0n) is 17.6. The molecular formula is C20H38IN5O2. The molecule has 1 atom stereocenters. The summed E-state index contributed by atoms with van der Waals surface area (Å²) in [6, 6.07) is 0.374. The van der Waals surface area contributed by atoms with E-state index in [2.05, 4.69) is 20.9 Å². The van der Waals surface area contributed by atoms with E-state index < -0.39 is 0 Å². The Morgan fingerprint density at radius 2 is 1.86 bits per heavy atom. The maximum atomic E-state index is 12.7. The van der Waals surface area contributed by atoms with E-state index in [0.29, 0.717) is 18.9 Å². The van der Waals surface area contributed by atoms with Gasteiger partial charge in [0.25, 0.3) is 0 Å². The number of aliphatic imine (C=N–C) groups is 1. The summed E-state index contributed by atoms with van der Waals surface area (Å²) in [6.07, 6.45) is 7.07. The van der Waals surface area contributed by atoms with Crippen LogP contribution in [0.25, 0.3) is 0 Å². The molecule has 1 saturated carbocycles. The Hall–Kier alpha value is -1.06. The van der Waals surface area contributed by atoms with Crippen molar-refractivity contribution < 1.29 is 9.59 Å². The van der Waals surface area contributed by atoms with Crippen molar-refractivity contribution in [2.45, 2.75) is 77.8 Å². The van der Waals surface area contributed by atoms with Crippen molar-refractivity contribution in [2.24, 2.45) is 10.9 Å². The highest BCUT2D eigenvalue weighted by atomic mass is 127. The minimum Gasteiger partial charge on any atom is -0.357 e. The average molecular weight is 507 g/mol. The van der Waals surface area contributed by atoms with Crippen LogP contribution in [0.15, 0.2) is 4.99 Å². The van der Waals surface area contributed by atoms with Crippen LogP contribution in [0.2, 0.25) is 0 Å². The third-order valence-electron chi connectivity index (χ3n) is 5.20. The molecule has 2 fully saturated rings. The molecule has 2 amide bonds. The van der Waals surface area contributed by atoms with Crippen molar-refractivity contribution in [2.75, 3.05) is 26.2 Å². The molecule has 28 heavy (non-hydrogen) atoms. The Kier molecular flexibility index (Phi) is 11.8. The van der Waals surface area contributed by atoms with E-state index in [9.17, 15) is 9.59 Å². The van der Waals surface area contributed by atoms with Crippen molar-refractivity contribution in [3.8, 4) is 0 Å². The van der Waals surface area contributed by atoms with Crippen molar-refractivity contribution in [3.63, 3.8) is 0 Å². The van der Waals surface area contributed by atoms with Crippen LogP contribution in [0, 0.1) is 5.92 Å². The Morgan fingerprint density at radius 3 is 2.50 bits per heavy atom. The molecule has 3 N–H and O–H groups in total. The number of hydrogen-bond donors (Lipinski definition) is 3. The summed E-state index contributed by atoms with van der Waals surface area (Å²) in [4.78, 5) is 31.0. The third-order valence-corrected chi connectivity index (χ3v) is 5.20. The van der Waals surface area contributed by atoms with Crippen LogP contribution in [0.3, 0.4) is 0 Å². The molecule has 1 heterocycles. The SMILES string of the molecule is CCNC(=NCCC(=O)NC(C)C)NC1CCN(C(=O)C2CCCCC2)C1.I. The number of likely N-dealkylation sites (tertiary alicyclic amines) is 1. The third kappa shape index (κ3) is 8.53. The average Bonchev–Trinajstić information content (AvgIpc) is 3.10. The van der Waals surface area contributed by atoms with Crippen LogP contribution in [-0.4, -0.2) is 60.9 Å². The van der Waals surface area contributed by atoms with Gasteiger partial charge in [-0.3, -0.25) is 14.6 Å². The lowest BCUT2D eigenvalue weighted by atomic mass is 9.88. The molecule has 0 spiro atoms. The molecule has 2 rings (SSSR count). The van der Waals surface area contributed by atoms with Gasteiger partial charge in [0.05, 0.1) is 6.54 Å². The first kappa shape index (κ1) is 25.0. The van der Waals surface area contributed by atoms with Gasteiger partial charge in [-0.25, -0.2) is 0 Å². The van der Waals surface area contributed by atoms with E-state index in [-0.39, 0.29) is 47.9 Å². The van der Waals surface area contributed by atoms with E-state index in [1.807, 2.05) is 25.7 Å². The monoisotopic (exact) mass is 507 g/mol. The van der Waals surface area contributed by atoms with Crippen LogP contribution >= 0.6 is 24.0 Å². The minimum absolute atomic E-state index is 0. The van der Waals surface area contributed by atoms with Crippen LogP contribution in [0.5, 0.6) is 0 Å². The normalized spacial score (nSPS) is 20.6. The Balaban J connectivity index is 0.00000392. The fourth-order valence-electron chi connectivity index (χ4n) is 3.86. The van der Waals surface area contributed by atoms with E-state index in [4.69, 9.17) is 0 Å². The van der Waals surface area contributed by atoms with E-state index in [1.54, 1.807) is 0 Å². The maximum Gasteiger partial charge on any atom is 0.225 e. The van der Waals surface area contributed by atoms with Gasteiger partial charge in [0.2, 0.25) is 11.8 Å². The molecule has 0 radical (unpaired) electrons. The van der Waals surface area contributed by atoms with Crippen molar-refractivity contribution in [1.29, 1.82) is 0 Å². The second-order valence-electron chi connectivity index (χ2n) is 7.98. The molecule has 1 saturated heterocycles. The van der Waals surface area contributed by atoms with Crippen molar-refractivity contribution in [3.05, 3.63) is 0 Å². The lowest BCUT2D eigenvalue weighted by molar-refractivity contribution is -0.135. The number of nitrogens with zero attached hydrogens (tertiary/aromatic N) is 2. The van der Waals surface area contributed by atoms with E-state index in [1.165, 1.54) is 19.3 Å². The quantitative estimate of drug-likeness (QED) is 0.281. The molecule has 2 aliphatic rings. The fraction of sp³-hybridized carbons (Fsp3) is 0.850. The lowest BCUT2D eigenvalue weighted by Gasteiger charge is -2.26. The second-order valence-corrected chi connectivity index (χ2v) is 7.98. The number of guanidine groups is 1. The smallest absolute Gasteiger partial charge is 0.225 e. The van der Waals surface area contributed by atoms with Crippen LogP contribution in [0.4, 0.5) is 0 Å². The van der Waals surface area contributed by atoms with Gasteiger partial charge in [-0.15, -0.1) is 24.0 Å². The number of rotatable bonds is 7. The molecule has 7 nitrogen and oxygen atoms in total. The number of carbonyl (C=O) groups excluding carboxylic acids is 2. The van der Waals surface area contributed by atoms with Crippen LogP contribution in [-0.2, 0) is 9.59 Å². The summed E-state index contributed by atoms with van der Waals surface area (Å²) in [6.45, 7) is 8.71. The summed E-state index contributed by atoms with van der Waals surface area (Å²) in [5.74, 6) is 1.33. The molecule has 1 aliphatic heterocycles. The number of amides is 2. The topological polar surface area (TPSA) is 85.8 Å². The first-order chi connectivity index (χ1) is 13.0. The Labute approximate surface area is 186 Å². The number of halogens is 1. The summed E-state index contributed by atoms with van der Waals surface area (Å²) >= 11 is 0. The van der Waals surface area contributed by atoms with Gasteiger partial charge < -0.3 is 20.9 Å². The number of hydrogen-bond acceptors (Lipinski definition) is 3. The molecule has 0 bridgehead atoms. The lowest BCUT2D eigenvalue weighted by Crippen LogP contribution is -2.45. The molecule has 0 aromatic rings. The molecule has 1 aliphatic carbocycles. The second kappa shape index (κ2) is 13.2. The molecule has 8 heteroatoms. The minimum atomic E-state index is 0. The summed E-state index contributed by atoms with van der Waals surface area (Å²) in [7, 11) is 0. The van der Waals surface area contributed by atoms with Gasteiger partial charge in [0.1, 0.15) is 0 Å². The number of nitrogens with one attached hydrogen (secondary N) is 3. The standard InChI is InChI=1S/C20H37N5O2.HI/c1-4-21-20(22-12-10-18(26)23-15(2)3)24-17-11-13-25(14-17)19(27)16-8-6-5-7-9-16;/h15-17H,4-14H2,1-3H3,(H,23,26)(H2,21,22,24);1H. The molecule has 0 aromatic carbocycles. The van der Waals surface area contributed by atoms with Crippen LogP contribution < -0.4 is 16.0 Å². The van der Waals surface area contributed by atoms with Gasteiger partial charge in [0.15, 0.2) is 5.96 Å². The summed E-state index contributed by atoms with van der Waals surface area (Å²) in [5, 5.41) is 9.55. The predicted octanol–water partition coefficient (Wildman–Crippen LogP) is 2.26. The molecule has 1 unspecified atom stereocenters. The largest absolute Gasteiger partial charge is 0.357 e. The van der Waals surface area contributed by atoms with Gasteiger partial charge in [-0.2, -0.15) is 0 Å².